The smallest absolute Gasteiger partial charge is 0.134 e. The van der Waals surface area contributed by atoms with E-state index in [1.165, 1.54) is 23.8 Å². The summed E-state index contributed by atoms with van der Waals surface area (Å²) in [7, 11) is 1.99. The third-order valence-corrected chi connectivity index (χ3v) is 2.91. The van der Waals surface area contributed by atoms with Gasteiger partial charge in [0.2, 0.25) is 0 Å². The second-order valence-corrected chi connectivity index (χ2v) is 4.24. The molecule has 0 bridgehead atoms. The van der Waals surface area contributed by atoms with Gasteiger partial charge in [-0.1, -0.05) is 18.2 Å². The van der Waals surface area contributed by atoms with Gasteiger partial charge in [0.1, 0.15) is 5.58 Å². The number of benzene rings is 1. The van der Waals surface area contributed by atoms with Crippen molar-refractivity contribution in [3.63, 3.8) is 0 Å². The molecule has 0 atom stereocenters. The fourth-order valence-electron chi connectivity index (χ4n) is 1.94. The lowest BCUT2D eigenvalue weighted by atomic mass is 10.2. The largest absolute Gasteiger partial charge is 0.464 e. The first-order chi connectivity index (χ1) is 8.42. The molecule has 3 heteroatoms. The van der Waals surface area contributed by atoms with Crippen LogP contribution in [0.3, 0.4) is 0 Å². The Morgan fingerprint density at radius 2 is 1.94 bits per heavy atom. The minimum Gasteiger partial charge on any atom is -0.464 e. The Hall–Kier alpha value is -1.32. The van der Waals surface area contributed by atoms with Crippen LogP contribution in [-0.4, -0.2) is 20.1 Å². The molecule has 0 aliphatic heterocycles. The topological polar surface area (TPSA) is 37.2 Å². The summed E-state index contributed by atoms with van der Waals surface area (Å²) < 4.78 is 5.49. The van der Waals surface area contributed by atoms with E-state index in [0.29, 0.717) is 0 Å². The fourth-order valence-corrected chi connectivity index (χ4v) is 1.94. The van der Waals surface area contributed by atoms with Crippen LogP contribution in [0.2, 0.25) is 0 Å². The van der Waals surface area contributed by atoms with Gasteiger partial charge in [-0.05, 0) is 39.0 Å². The van der Waals surface area contributed by atoms with Gasteiger partial charge in [-0.15, -0.1) is 0 Å². The van der Waals surface area contributed by atoms with Crippen molar-refractivity contribution in [1.29, 1.82) is 0 Å². The van der Waals surface area contributed by atoms with E-state index in [-0.39, 0.29) is 0 Å². The summed E-state index contributed by atoms with van der Waals surface area (Å²) in [6.07, 6.45) is 4.28. The van der Waals surface area contributed by atoms with Gasteiger partial charge in [0.15, 0.2) is 0 Å². The van der Waals surface area contributed by atoms with Crippen molar-refractivity contribution in [3.8, 4) is 0 Å². The second-order valence-electron chi connectivity index (χ2n) is 4.24. The summed E-state index contributed by atoms with van der Waals surface area (Å²) in [6.45, 7) is 3.04. The first-order valence-electron chi connectivity index (χ1n) is 6.22. The van der Waals surface area contributed by atoms with Gasteiger partial charge < -0.3 is 15.1 Å². The zero-order valence-electron chi connectivity index (χ0n) is 10.3. The van der Waals surface area contributed by atoms with Gasteiger partial charge in [-0.25, -0.2) is 0 Å². The number of furan rings is 1. The molecule has 2 rings (SSSR count). The Morgan fingerprint density at radius 3 is 2.82 bits per heavy atom. The van der Waals surface area contributed by atoms with E-state index in [9.17, 15) is 0 Å². The zero-order chi connectivity index (χ0) is 11.9. The summed E-state index contributed by atoms with van der Waals surface area (Å²) in [5, 5.41) is 7.82. The van der Waals surface area contributed by atoms with E-state index in [1.807, 2.05) is 31.5 Å². The maximum absolute atomic E-state index is 5.49. The summed E-state index contributed by atoms with van der Waals surface area (Å²) in [5.41, 5.74) is 2.22. The lowest BCUT2D eigenvalue weighted by Crippen LogP contribution is -2.16. The van der Waals surface area contributed by atoms with Crippen LogP contribution in [0.1, 0.15) is 18.4 Å². The van der Waals surface area contributed by atoms with Crippen LogP contribution in [0.25, 0.3) is 11.0 Å². The van der Waals surface area contributed by atoms with Gasteiger partial charge >= 0.3 is 0 Å². The minimum atomic E-state index is 0.885. The van der Waals surface area contributed by atoms with E-state index in [0.717, 1.165) is 25.2 Å². The molecule has 0 saturated heterocycles. The van der Waals surface area contributed by atoms with Crippen LogP contribution < -0.4 is 10.6 Å². The minimum absolute atomic E-state index is 0.885. The Morgan fingerprint density at radius 1 is 1.12 bits per heavy atom. The standard InChI is InChI=1S/C14H20N2O/c1-15-8-4-5-9-16-10-12-11-17-14-7-3-2-6-13(12)14/h2-3,6-7,11,15-16H,4-5,8-10H2,1H3. The molecule has 1 heterocycles. The van der Waals surface area contributed by atoms with Crippen molar-refractivity contribution < 1.29 is 4.42 Å². The Labute approximate surface area is 102 Å². The lowest BCUT2D eigenvalue weighted by molar-refractivity contribution is 0.587. The van der Waals surface area contributed by atoms with E-state index >= 15 is 0 Å². The van der Waals surface area contributed by atoms with Gasteiger partial charge in [0, 0.05) is 17.5 Å². The average Bonchev–Trinajstić information content (AvgIpc) is 2.77. The molecule has 0 amide bonds. The molecule has 17 heavy (non-hydrogen) atoms. The van der Waals surface area contributed by atoms with Crippen molar-refractivity contribution in [2.45, 2.75) is 19.4 Å². The molecule has 2 N–H and O–H groups in total. The summed E-state index contributed by atoms with van der Waals surface area (Å²) in [5.74, 6) is 0. The predicted molar refractivity (Wildman–Crippen MR) is 71.1 cm³/mol. The van der Waals surface area contributed by atoms with E-state index in [4.69, 9.17) is 4.42 Å². The third kappa shape index (κ3) is 3.32. The first-order valence-corrected chi connectivity index (χ1v) is 6.22. The van der Waals surface area contributed by atoms with Crippen LogP contribution in [0.5, 0.6) is 0 Å². The van der Waals surface area contributed by atoms with Crippen molar-refractivity contribution >= 4 is 11.0 Å². The van der Waals surface area contributed by atoms with Gasteiger partial charge in [-0.2, -0.15) is 0 Å². The maximum Gasteiger partial charge on any atom is 0.134 e. The van der Waals surface area contributed by atoms with E-state index < -0.39 is 0 Å². The van der Waals surface area contributed by atoms with Crippen LogP contribution in [0.15, 0.2) is 34.9 Å². The van der Waals surface area contributed by atoms with E-state index in [1.54, 1.807) is 0 Å². The number of rotatable bonds is 7. The van der Waals surface area contributed by atoms with E-state index in [2.05, 4.69) is 16.7 Å². The Bertz CT molecular complexity index is 450. The highest BCUT2D eigenvalue weighted by molar-refractivity contribution is 5.80. The van der Waals surface area contributed by atoms with Gasteiger partial charge in [0.25, 0.3) is 0 Å². The molecule has 0 aliphatic carbocycles. The van der Waals surface area contributed by atoms with Crippen LogP contribution >= 0.6 is 0 Å². The Balaban J connectivity index is 1.79. The molecule has 0 saturated carbocycles. The quantitative estimate of drug-likeness (QED) is 0.720. The summed E-state index contributed by atoms with van der Waals surface area (Å²) >= 11 is 0. The predicted octanol–water partition coefficient (Wildman–Crippen LogP) is 2.52. The van der Waals surface area contributed by atoms with Gasteiger partial charge in [0.05, 0.1) is 6.26 Å². The number of hydrogen-bond acceptors (Lipinski definition) is 3. The molecule has 92 valence electrons. The summed E-state index contributed by atoms with van der Waals surface area (Å²) in [6, 6.07) is 8.16. The molecule has 0 unspecified atom stereocenters. The number of fused-ring (bicyclic) bond motifs is 1. The van der Waals surface area contributed by atoms with Crippen LogP contribution in [0.4, 0.5) is 0 Å². The van der Waals surface area contributed by atoms with Crippen molar-refractivity contribution in [2.75, 3.05) is 20.1 Å². The number of hydrogen-bond donors (Lipinski definition) is 2. The molecule has 1 aromatic heterocycles. The molecule has 3 nitrogen and oxygen atoms in total. The van der Waals surface area contributed by atoms with Crippen LogP contribution in [-0.2, 0) is 6.54 Å². The highest BCUT2D eigenvalue weighted by Gasteiger charge is 2.03. The van der Waals surface area contributed by atoms with Crippen molar-refractivity contribution in [2.24, 2.45) is 0 Å². The number of para-hydroxylation sites is 1. The highest BCUT2D eigenvalue weighted by atomic mass is 16.3. The van der Waals surface area contributed by atoms with Crippen LogP contribution in [0, 0.1) is 0 Å². The maximum atomic E-state index is 5.49. The monoisotopic (exact) mass is 232 g/mol. The fraction of sp³-hybridized carbons (Fsp3) is 0.429. The molecule has 2 aromatic rings. The zero-order valence-corrected chi connectivity index (χ0v) is 10.3. The molecular weight excluding hydrogens is 212 g/mol. The molecular formula is C14H20N2O. The second kappa shape index (κ2) is 6.42. The number of unbranched alkanes of at least 4 members (excludes halogenated alkanes) is 1. The van der Waals surface area contributed by atoms with Gasteiger partial charge in [-0.3, -0.25) is 0 Å². The number of nitrogens with one attached hydrogen (secondary N) is 2. The molecule has 0 aliphatic rings. The van der Waals surface area contributed by atoms with Crippen molar-refractivity contribution in [1.82, 2.24) is 10.6 Å². The molecule has 0 radical (unpaired) electrons. The molecule has 0 fully saturated rings. The highest BCUT2D eigenvalue weighted by Crippen LogP contribution is 2.20. The molecule has 0 spiro atoms. The Kier molecular flexibility index (Phi) is 4.59. The lowest BCUT2D eigenvalue weighted by Gasteiger charge is -2.03. The average molecular weight is 232 g/mol. The SMILES string of the molecule is CNCCCCNCc1coc2ccccc12. The molecule has 1 aromatic carbocycles. The third-order valence-electron chi connectivity index (χ3n) is 2.91. The van der Waals surface area contributed by atoms with Crippen molar-refractivity contribution in [3.05, 3.63) is 36.1 Å². The normalized spacial score (nSPS) is 11.1. The summed E-state index contributed by atoms with van der Waals surface area (Å²) in [4.78, 5) is 0. The first kappa shape index (κ1) is 12.1.